The molecule has 2 N–H and O–H groups in total. The second-order valence-corrected chi connectivity index (χ2v) is 7.03. The Morgan fingerprint density at radius 3 is 2.43 bits per heavy atom. The van der Waals surface area contributed by atoms with E-state index in [4.69, 9.17) is 15.2 Å². The zero-order valence-electron chi connectivity index (χ0n) is 16.6. The molecule has 3 atom stereocenters. The third-order valence-electron chi connectivity index (χ3n) is 5.44. The van der Waals surface area contributed by atoms with Crippen molar-refractivity contribution in [3.8, 4) is 11.5 Å². The first-order valence-electron chi connectivity index (χ1n) is 9.39. The monoisotopic (exact) mass is 404 g/mol. The van der Waals surface area contributed by atoms with E-state index in [0.29, 0.717) is 11.5 Å². The first kappa shape index (κ1) is 22.1. The van der Waals surface area contributed by atoms with Crippen LogP contribution in [-0.2, 0) is 4.79 Å². The fraction of sp³-hybridized carbons (Fsp3) is 0.409. The van der Waals surface area contributed by atoms with Gasteiger partial charge in [0.1, 0.15) is 0 Å². The van der Waals surface area contributed by atoms with Crippen molar-refractivity contribution in [2.24, 2.45) is 11.7 Å². The van der Waals surface area contributed by atoms with E-state index in [0.717, 1.165) is 30.5 Å². The van der Waals surface area contributed by atoms with E-state index in [2.05, 4.69) is 0 Å². The number of halogens is 1. The second kappa shape index (κ2) is 9.80. The third-order valence-corrected chi connectivity index (χ3v) is 5.44. The SMILES string of the molecule is COc1ccc(C2CCCN2C(=O)C(C)C(N)c2ccccc2)cc1OC.Cl. The Morgan fingerprint density at radius 1 is 1.11 bits per heavy atom. The van der Waals surface area contributed by atoms with Gasteiger partial charge in [-0.05, 0) is 36.1 Å². The highest BCUT2D eigenvalue weighted by Gasteiger charge is 2.35. The number of amides is 1. The normalized spacial score (nSPS) is 18.1. The molecule has 1 heterocycles. The lowest BCUT2D eigenvalue weighted by Crippen LogP contribution is -2.39. The van der Waals surface area contributed by atoms with Gasteiger partial charge in [0.15, 0.2) is 11.5 Å². The molecule has 0 radical (unpaired) electrons. The van der Waals surface area contributed by atoms with Gasteiger partial charge in [0.25, 0.3) is 0 Å². The average Bonchev–Trinajstić information content (AvgIpc) is 3.22. The Labute approximate surface area is 173 Å². The lowest BCUT2D eigenvalue weighted by atomic mass is 9.93. The molecule has 152 valence electrons. The Kier molecular flexibility index (Phi) is 7.72. The molecule has 0 aromatic heterocycles. The summed E-state index contributed by atoms with van der Waals surface area (Å²) in [5, 5.41) is 0. The highest BCUT2D eigenvalue weighted by Crippen LogP contribution is 2.38. The van der Waals surface area contributed by atoms with Crippen molar-refractivity contribution < 1.29 is 14.3 Å². The number of benzene rings is 2. The fourth-order valence-electron chi connectivity index (χ4n) is 3.82. The van der Waals surface area contributed by atoms with Crippen LogP contribution in [0.1, 0.15) is 43.0 Å². The molecule has 2 aromatic carbocycles. The Balaban J connectivity index is 0.00000280. The van der Waals surface area contributed by atoms with E-state index in [1.807, 2.05) is 60.4 Å². The summed E-state index contributed by atoms with van der Waals surface area (Å²) >= 11 is 0. The number of hydrogen-bond donors (Lipinski definition) is 1. The summed E-state index contributed by atoms with van der Waals surface area (Å²) in [5.74, 6) is 1.19. The standard InChI is InChI=1S/C22H28N2O3.ClH/c1-15(21(23)16-8-5-4-6-9-16)22(25)24-13-7-10-18(24)17-11-12-19(26-2)20(14-17)27-3;/h4-6,8-9,11-12,14-15,18,21H,7,10,13,23H2,1-3H3;1H. The number of likely N-dealkylation sites (tertiary alicyclic amines) is 1. The lowest BCUT2D eigenvalue weighted by molar-refractivity contribution is -0.136. The van der Waals surface area contributed by atoms with Gasteiger partial charge >= 0.3 is 0 Å². The number of hydrogen-bond acceptors (Lipinski definition) is 4. The fourth-order valence-corrected chi connectivity index (χ4v) is 3.82. The largest absolute Gasteiger partial charge is 0.493 e. The van der Waals surface area contributed by atoms with Crippen LogP contribution < -0.4 is 15.2 Å². The van der Waals surface area contributed by atoms with Gasteiger partial charge in [-0.1, -0.05) is 43.3 Å². The van der Waals surface area contributed by atoms with Crippen LogP contribution in [0.2, 0.25) is 0 Å². The van der Waals surface area contributed by atoms with Crippen molar-refractivity contribution in [3.63, 3.8) is 0 Å². The second-order valence-electron chi connectivity index (χ2n) is 7.03. The van der Waals surface area contributed by atoms with Crippen LogP contribution in [0.5, 0.6) is 11.5 Å². The Bertz CT molecular complexity index is 785. The zero-order chi connectivity index (χ0) is 19.4. The highest BCUT2D eigenvalue weighted by molar-refractivity contribution is 5.85. The smallest absolute Gasteiger partial charge is 0.227 e. The molecule has 1 saturated heterocycles. The number of nitrogens with zero attached hydrogens (tertiary/aromatic N) is 1. The van der Waals surface area contributed by atoms with Crippen LogP contribution in [0.3, 0.4) is 0 Å². The molecule has 28 heavy (non-hydrogen) atoms. The zero-order valence-corrected chi connectivity index (χ0v) is 17.4. The van der Waals surface area contributed by atoms with Crippen molar-refractivity contribution in [2.75, 3.05) is 20.8 Å². The number of nitrogens with two attached hydrogens (primary N) is 1. The van der Waals surface area contributed by atoms with E-state index >= 15 is 0 Å². The number of carbonyl (C=O) groups excluding carboxylic acids is 1. The summed E-state index contributed by atoms with van der Waals surface area (Å²) in [5.41, 5.74) is 8.45. The van der Waals surface area contributed by atoms with Gasteiger partial charge in [-0.15, -0.1) is 12.4 Å². The quantitative estimate of drug-likeness (QED) is 0.786. The first-order chi connectivity index (χ1) is 13.1. The molecule has 0 spiro atoms. The summed E-state index contributed by atoms with van der Waals surface area (Å²) < 4.78 is 10.8. The maximum atomic E-state index is 13.2. The maximum absolute atomic E-state index is 13.2. The third kappa shape index (κ3) is 4.42. The van der Waals surface area contributed by atoms with Crippen LogP contribution in [0.15, 0.2) is 48.5 Å². The number of carbonyl (C=O) groups is 1. The van der Waals surface area contributed by atoms with E-state index in [1.54, 1.807) is 14.2 Å². The van der Waals surface area contributed by atoms with E-state index in [-0.39, 0.29) is 36.3 Å². The molecule has 1 aliphatic rings. The molecule has 3 unspecified atom stereocenters. The molecule has 6 heteroatoms. The van der Waals surface area contributed by atoms with Crippen LogP contribution >= 0.6 is 12.4 Å². The average molecular weight is 405 g/mol. The van der Waals surface area contributed by atoms with Crippen molar-refractivity contribution in [1.29, 1.82) is 0 Å². The Morgan fingerprint density at radius 2 is 1.79 bits per heavy atom. The minimum atomic E-state index is -0.314. The molecule has 1 amide bonds. The predicted octanol–water partition coefficient (Wildman–Crippen LogP) is 4.13. The van der Waals surface area contributed by atoms with Crippen molar-refractivity contribution in [3.05, 3.63) is 59.7 Å². The minimum Gasteiger partial charge on any atom is -0.493 e. The van der Waals surface area contributed by atoms with E-state index in [1.165, 1.54) is 0 Å². The molecule has 0 aliphatic carbocycles. The van der Waals surface area contributed by atoms with Gasteiger partial charge in [0, 0.05) is 12.6 Å². The topological polar surface area (TPSA) is 64.8 Å². The van der Waals surface area contributed by atoms with Gasteiger partial charge in [-0.2, -0.15) is 0 Å². The number of rotatable bonds is 6. The van der Waals surface area contributed by atoms with E-state index < -0.39 is 0 Å². The van der Waals surface area contributed by atoms with Crippen molar-refractivity contribution >= 4 is 18.3 Å². The molecule has 1 aliphatic heterocycles. The molecule has 0 bridgehead atoms. The first-order valence-corrected chi connectivity index (χ1v) is 9.39. The van der Waals surface area contributed by atoms with Gasteiger partial charge in [-0.3, -0.25) is 4.79 Å². The van der Waals surface area contributed by atoms with Gasteiger partial charge < -0.3 is 20.1 Å². The highest BCUT2D eigenvalue weighted by atomic mass is 35.5. The van der Waals surface area contributed by atoms with Crippen LogP contribution in [0.25, 0.3) is 0 Å². The minimum absolute atomic E-state index is 0. The number of methoxy groups -OCH3 is 2. The maximum Gasteiger partial charge on any atom is 0.227 e. The van der Waals surface area contributed by atoms with Gasteiger partial charge in [0.05, 0.1) is 26.2 Å². The molecular weight excluding hydrogens is 376 g/mol. The summed E-state index contributed by atoms with van der Waals surface area (Å²) in [7, 11) is 3.25. The summed E-state index contributed by atoms with van der Waals surface area (Å²) in [6.07, 6.45) is 1.92. The predicted molar refractivity (Wildman–Crippen MR) is 113 cm³/mol. The number of ether oxygens (including phenoxy) is 2. The van der Waals surface area contributed by atoms with Crippen molar-refractivity contribution in [2.45, 2.75) is 31.8 Å². The molecule has 0 saturated carbocycles. The summed E-state index contributed by atoms with van der Waals surface area (Å²) in [6.45, 7) is 2.67. The molecule has 5 nitrogen and oxygen atoms in total. The molecule has 1 fully saturated rings. The lowest BCUT2D eigenvalue weighted by Gasteiger charge is -2.30. The molecule has 2 aromatic rings. The van der Waals surface area contributed by atoms with Gasteiger partial charge in [0.2, 0.25) is 5.91 Å². The van der Waals surface area contributed by atoms with Gasteiger partial charge in [-0.25, -0.2) is 0 Å². The van der Waals surface area contributed by atoms with Crippen LogP contribution in [-0.4, -0.2) is 31.6 Å². The molecular formula is C22H29ClN2O3. The van der Waals surface area contributed by atoms with Crippen LogP contribution in [0, 0.1) is 5.92 Å². The summed E-state index contributed by atoms with van der Waals surface area (Å²) in [6, 6.07) is 15.4. The van der Waals surface area contributed by atoms with E-state index in [9.17, 15) is 4.79 Å². The van der Waals surface area contributed by atoms with Crippen molar-refractivity contribution in [1.82, 2.24) is 4.90 Å². The Hall–Kier alpha value is -2.24. The molecule has 3 rings (SSSR count). The summed E-state index contributed by atoms with van der Waals surface area (Å²) in [4.78, 5) is 15.2. The van der Waals surface area contributed by atoms with Crippen LogP contribution in [0.4, 0.5) is 0 Å².